The lowest BCUT2D eigenvalue weighted by Gasteiger charge is -2.42. The first-order chi connectivity index (χ1) is 6.79. The van der Waals surface area contributed by atoms with Crippen LogP contribution in [0.5, 0.6) is 0 Å². The quantitative estimate of drug-likeness (QED) is 0.585. The fourth-order valence-electron chi connectivity index (χ4n) is 3.62. The molecule has 0 radical (unpaired) electrons. The van der Waals surface area contributed by atoms with Crippen molar-refractivity contribution in [3.05, 3.63) is 0 Å². The number of nitrogens with zero attached hydrogens (tertiary/aromatic N) is 1. The van der Waals surface area contributed by atoms with Crippen molar-refractivity contribution in [3.63, 3.8) is 0 Å². The van der Waals surface area contributed by atoms with Crippen LogP contribution in [0.1, 0.15) is 25.7 Å². The lowest BCUT2D eigenvalue weighted by atomic mass is 9.79. The van der Waals surface area contributed by atoms with Gasteiger partial charge in [-0.1, -0.05) is 0 Å². The first-order valence-corrected chi connectivity index (χ1v) is 5.99. The van der Waals surface area contributed by atoms with Crippen molar-refractivity contribution >= 4 is 0 Å². The highest BCUT2D eigenvalue weighted by Gasteiger charge is 2.45. The van der Waals surface area contributed by atoms with Crippen molar-refractivity contribution in [2.45, 2.75) is 37.4 Å². The molecule has 0 aromatic rings. The standard InChI is InChI=1S/C11H21N3/c1-14-7-3-9-2-4-11(8-10(9)14)12-5-6-13-11/h9-10,12-13H,2-8H2,1H3. The minimum Gasteiger partial charge on any atom is -0.303 e. The zero-order valence-corrected chi connectivity index (χ0v) is 9.05. The first-order valence-electron chi connectivity index (χ1n) is 5.99. The molecular weight excluding hydrogens is 174 g/mol. The minimum absolute atomic E-state index is 0.305. The molecule has 2 aliphatic heterocycles. The second kappa shape index (κ2) is 3.19. The molecular formula is C11H21N3. The van der Waals surface area contributed by atoms with Crippen molar-refractivity contribution in [1.82, 2.24) is 15.5 Å². The van der Waals surface area contributed by atoms with Gasteiger partial charge in [0.25, 0.3) is 0 Å². The summed E-state index contributed by atoms with van der Waals surface area (Å²) in [4.78, 5) is 2.56. The zero-order valence-electron chi connectivity index (χ0n) is 9.05. The van der Waals surface area contributed by atoms with Crippen LogP contribution in [0.3, 0.4) is 0 Å². The highest BCUT2D eigenvalue weighted by Crippen LogP contribution is 2.39. The van der Waals surface area contributed by atoms with Gasteiger partial charge in [0.1, 0.15) is 0 Å². The number of fused-ring (bicyclic) bond motifs is 1. The summed E-state index contributed by atoms with van der Waals surface area (Å²) in [5, 5.41) is 7.33. The van der Waals surface area contributed by atoms with E-state index in [-0.39, 0.29) is 0 Å². The molecule has 2 unspecified atom stereocenters. The Morgan fingerprint density at radius 2 is 2.00 bits per heavy atom. The molecule has 0 aromatic heterocycles. The summed E-state index contributed by atoms with van der Waals surface area (Å²) in [5.41, 5.74) is 0.305. The van der Waals surface area contributed by atoms with Crippen molar-refractivity contribution in [2.24, 2.45) is 5.92 Å². The normalized spacial score (nSPS) is 41.8. The third-order valence-corrected chi connectivity index (χ3v) is 4.51. The SMILES string of the molecule is CN1CCC2CCC3(CC21)NCCN3. The molecule has 3 fully saturated rings. The van der Waals surface area contributed by atoms with Crippen LogP contribution in [0.4, 0.5) is 0 Å². The summed E-state index contributed by atoms with van der Waals surface area (Å²) in [6.45, 7) is 3.62. The second-order valence-corrected chi connectivity index (χ2v) is 5.28. The van der Waals surface area contributed by atoms with E-state index < -0.39 is 0 Å². The summed E-state index contributed by atoms with van der Waals surface area (Å²) in [6.07, 6.45) is 5.49. The zero-order chi connectivity index (χ0) is 9.60. The van der Waals surface area contributed by atoms with Crippen LogP contribution in [0.15, 0.2) is 0 Å². The Labute approximate surface area is 86.2 Å². The van der Waals surface area contributed by atoms with Crippen LogP contribution in [0.2, 0.25) is 0 Å². The molecule has 2 atom stereocenters. The molecule has 3 rings (SSSR count). The molecule has 14 heavy (non-hydrogen) atoms. The van der Waals surface area contributed by atoms with Gasteiger partial charge < -0.3 is 4.90 Å². The molecule has 1 spiro atoms. The smallest absolute Gasteiger partial charge is 0.0703 e. The van der Waals surface area contributed by atoms with E-state index in [1.54, 1.807) is 0 Å². The monoisotopic (exact) mass is 195 g/mol. The summed E-state index contributed by atoms with van der Waals surface area (Å²) >= 11 is 0. The van der Waals surface area contributed by atoms with Gasteiger partial charge >= 0.3 is 0 Å². The van der Waals surface area contributed by atoms with E-state index >= 15 is 0 Å². The minimum atomic E-state index is 0.305. The number of rotatable bonds is 0. The Balaban J connectivity index is 1.75. The highest BCUT2D eigenvalue weighted by atomic mass is 15.3. The highest BCUT2D eigenvalue weighted by molar-refractivity contribution is 5.02. The van der Waals surface area contributed by atoms with Crippen molar-refractivity contribution in [3.8, 4) is 0 Å². The Morgan fingerprint density at radius 3 is 2.79 bits per heavy atom. The molecule has 3 aliphatic rings. The average molecular weight is 195 g/mol. The van der Waals surface area contributed by atoms with E-state index in [9.17, 15) is 0 Å². The number of hydrogen-bond donors (Lipinski definition) is 2. The largest absolute Gasteiger partial charge is 0.303 e. The van der Waals surface area contributed by atoms with Gasteiger partial charge in [0.05, 0.1) is 5.66 Å². The van der Waals surface area contributed by atoms with Gasteiger partial charge in [-0.15, -0.1) is 0 Å². The van der Waals surface area contributed by atoms with Gasteiger partial charge in [-0.05, 0) is 45.2 Å². The molecule has 2 heterocycles. The fraction of sp³-hybridized carbons (Fsp3) is 1.00. The topological polar surface area (TPSA) is 27.3 Å². The molecule has 3 heteroatoms. The van der Waals surface area contributed by atoms with E-state index in [1.165, 1.54) is 32.2 Å². The molecule has 80 valence electrons. The third-order valence-electron chi connectivity index (χ3n) is 4.51. The summed E-state index contributed by atoms with van der Waals surface area (Å²) in [7, 11) is 2.29. The van der Waals surface area contributed by atoms with Crippen molar-refractivity contribution in [2.75, 3.05) is 26.7 Å². The van der Waals surface area contributed by atoms with E-state index in [4.69, 9.17) is 0 Å². The van der Waals surface area contributed by atoms with Crippen molar-refractivity contribution < 1.29 is 0 Å². The van der Waals surface area contributed by atoms with Gasteiger partial charge in [0.15, 0.2) is 0 Å². The number of hydrogen-bond acceptors (Lipinski definition) is 3. The van der Waals surface area contributed by atoms with E-state index in [0.717, 1.165) is 25.0 Å². The van der Waals surface area contributed by atoms with Crippen LogP contribution < -0.4 is 10.6 Å². The Morgan fingerprint density at radius 1 is 1.21 bits per heavy atom. The summed E-state index contributed by atoms with van der Waals surface area (Å²) < 4.78 is 0. The maximum absolute atomic E-state index is 3.67. The summed E-state index contributed by atoms with van der Waals surface area (Å²) in [6, 6.07) is 0.835. The molecule has 3 nitrogen and oxygen atoms in total. The predicted octanol–water partition coefficient (Wildman–Crippen LogP) is 0.380. The Bertz CT molecular complexity index is 223. The lowest BCUT2D eigenvalue weighted by Crippen LogP contribution is -2.56. The van der Waals surface area contributed by atoms with Gasteiger partial charge in [-0.2, -0.15) is 0 Å². The van der Waals surface area contributed by atoms with Gasteiger partial charge in [-0.3, -0.25) is 10.6 Å². The second-order valence-electron chi connectivity index (χ2n) is 5.28. The van der Waals surface area contributed by atoms with Crippen LogP contribution in [0, 0.1) is 5.92 Å². The molecule has 0 amide bonds. The van der Waals surface area contributed by atoms with E-state index in [0.29, 0.717) is 5.66 Å². The van der Waals surface area contributed by atoms with Crippen LogP contribution in [-0.4, -0.2) is 43.3 Å². The van der Waals surface area contributed by atoms with E-state index in [1.807, 2.05) is 0 Å². The van der Waals surface area contributed by atoms with Crippen LogP contribution in [-0.2, 0) is 0 Å². The van der Waals surface area contributed by atoms with Gasteiger partial charge in [0, 0.05) is 19.1 Å². The third kappa shape index (κ3) is 1.30. The molecule has 1 saturated carbocycles. The van der Waals surface area contributed by atoms with Crippen molar-refractivity contribution in [1.29, 1.82) is 0 Å². The first kappa shape index (κ1) is 9.13. The lowest BCUT2D eigenvalue weighted by molar-refractivity contribution is 0.120. The molecule has 1 aliphatic carbocycles. The molecule has 0 bridgehead atoms. The Hall–Kier alpha value is -0.120. The maximum atomic E-state index is 3.67. The predicted molar refractivity (Wildman–Crippen MR) is 57.1 cm³/mol. The molecule has 2 saturated heterocycles. The van der Waals surface area contributed by atoms with Crippen LogP contribution >= 0.6 is 0 Å². The fourth-order valence-corrected chi connectivity index (χ4v) is 3.62. The number of likely N-dealkylation sites (tertiary alicyclic amines) is 1. The number of nitrogens with one attached hydrogen (secondary N) is 2. The maximum Gasteiger partial charge on any atom is 0.0703 e. The molecule has 0 aromatic carbocycles. The van der Waals surface area contributed by atoms with E-state index in [2.05, 4.69) is 22.6 Å². The van der Waals surface area contributed by atoms with Gasteiger partial charge in [0.2, 0.25) is 0 Å². The molecule has 2 N–H and O–H groups in total. The van der Waals surface area contributed by atoms with Gasteiger partial charge in [-0.25, -0.2) is 0 Å². The summed E-state index contributed by atoms with van der Waals surface area (Å²) in [5.74, 6) is 0.981. The average Bonchev–Trinajstić information content (AvgIpc) is 2.77. The Kier molecular flexibility index (Phi) is 2.08. The van der Waals surface area contributed by atoms with Crippen LogP contribution in [0.25, 0.3) is 0 Å².